The van der Waals surface area contributed by atoms with Crippen molar-refractivity contribution in [1.82, 2.24) is 10.3 Å². The van der Waals surface area contributed by atoms with Crippen molar-refractivity contribution in [2.75, 3.05) is 0 Å². The summed E-state index contributed by atoms with van der Waals surface area (Å²) in [4.78, 5) is 27.2. The van der Waals surface area contributed by atoms with Crippen molar-refractivity contribution < 1.29 is 14.7 Å². The SMILES string of the molecule is O=C(Cc1ccncc1)NC(Cc1ccccc1Cl)C(=O)O. The Kier molecular flexibility index (Phi) is 5.49. The van der Waals surface area contributed by atoms with Crippen LogP contribution in [0, 0.1) is 0 Å². The number of benzene rings is 1. The number of nitrogens with one attached hydrogen (secondary N) is 1. The molecule has 0 spiro atoms. The second-order valence-electron chi connectivity index (χ2n) is 4.79. The Morgan fingerprint density at radius 3 is 2.50 bits per heavy atom. The third-order valence-corrected chi connectivity index (χ3v) is 3.50. The second kappa shape index (κ2) is 7.56. The number of carbonyl (C=O) groups excluding carboxylic acids is 1. The zero-order valence-corrected chi connectivity index (χ0v) is 12.5. The lowest BCUT2D eigenvalue weighted by atomic mass is 10.1. The topological polar surface area (TPSA) is 79.3 Å². The molecule has 1 unspecified atom stereocenters. The molecule has 0 aliphatic carbocycles. The number of aliphatic carboxylic acids is 1. The number of nitrogens with zero attached hydrogens (tertiary/aromatic N) is 1. The van der Waals surface area contributed by atoms with Crippen molar-refractivity contribution in [1.29, 1.82) is 0 Å². The predicted octanol–water partition coefficient (Wildman–Crippen LogP) is 2.09. The first-order valence-corrected chi connectivity index (χ1v) is 7.08. The molecule has 1 amide bonds. The molecule has 2 rings (SSSR count). The van der Waals surface area contributed by atoms with Gasteiger partial charge in [0.1, 0.15) is 6.04 Å². The monoisotopic (exact) mass is 318 g/mol. The third-order valence-electron chi connectivity index (χ3n) is 3.13. The summed E-state index contributed by atoms with van der Waals surface area (Å²) in [5.74, 6) is -1.45. The lowest BCUT2D eigenvalue weighted by molar-refractivity contribution is -0.141. The van der Waals surface area contributed by atoms with Crippen LogP contribution >= 0.6 is 11.6 Å². The molecule has 5 nitrogen and oxygen atoms in total. The first-order chi connectivity index (χ1) is 10.6. The molecule has 114 valence electrons. The smallest absolute Gasteiger partial charge is 0.326 e. The highest BCUT2D eigenvalue weighted by molar-refractivity contribution is 6.31. The summed E-state index contributed by atoms with van der Waals surface area (Å²) in [5.41, 5.74) is 1.45. The first kappa shape index (κ1) is 16.0. The highest BCUT2D eigenvalue weighted by Gasteiger charge is 2.21. The number of carbonyl (C=O) groups is 2. The van der Waals surface area contributed by atoms with Crippen molar-refractivity contribution in [2.24, 2.45) is 0 Å². The van der Waals surface area contributed by atoms with Gasteiger partial charge in [-0.15, -0.1) is 0 Å². The maximum Gasteiger partial charge on any atom is 0.326 e. The maximum absolute atomic E-state index is 12.0. The van der Waals surface area contributed by atoms with Gasteiger partial charge in [-0.3, -0.25) is 9.78 Å². The van der Waals surface area contributed by atoms with Gasteiger partial charge in [0.15, 0.2) is 0 Å². The van der Waals surface area contributed by atoms with E-state index < -0.39 is 12.0 Å². The molecule has 1 atom stereocenters. The number of amides is 1. The van der Waals surface area contributed by atoms with E-state index in [1.807, 2.05) is 0 Å². The van der Waals surface area contributed by atoms with E-state index >= 15 is 0 Å². The van der Waals surface area contributed by atoms with E-state index in [4.69, 9.17) is 11.6 Å². The zero-order chi connectivity index (χ0) is 15.9. The van der Waals surface area contributed by atoms with Crippen LogP contribution in [0.3, 0.4) is 0 Å². The van der Waals surface area contributed by atoms with E-state index in [2.05, 4.69) is 10.3 Å². The summed E-state index contributed by atoms with van der Waals surface area (Å²) in [5, 5.41) is 12.3. The van der Waals surface area contributed by atoms with Gasteiger partial charge in [-0.05, 0) is 29.3 Å². The van der Waals surface area contributed by atoms with E-state index in [0.29, 0.717) is 10.6 Å². The fraction of sp³-hybridized carbons (Fsp3) is 0.188. The van der Waals surface area contributed by atoms with Crippen molar-refractivity contribution in [3.05, 3.63) is 64.9 Å². The molecule has 0 saturated carbocycles. The standard InChI is InChI=1S/C16H15ClN2O3/c17-13-4-2-1-3-12(13)10-14(16(21)22)19-15(20)9-11-5-7-18-8-6-11/h1-8,14H,9-10H2,(H,19,20)(H,21,22). The van der Waals surface area contributed by atoms with Crippen LogP contribution in [0.5, 0.6) is 0 Å². The number of hydrogen-bond acceptors (Lipinski definition) is 3. The molecule has 0 aliphatic rings. The Balaban J connectivity index is 2.01. The summed E-state index contributed by atoms with van der Waals surface area (Å²) in [6, 6.07) is 9.38. The molecule has 1 heterocycles. The van der Waals surface area contributed by atoms with Crippen LogP contribution in [0.4, 0.5) is 0 Å². The number of aromatic nitrogens is 1. The molecular weight excluding hydrogens is 304 g/mol. The van der Waals surface area contributed by atoms with Crippen LogP contribution in [0.2, 0.25) is 5.02 Å². The van der Waals surface area contributed by atoms with Gasteiger partial charge in [-0.25, -0.2) is 4.79 Å². The van der Waals surface area contributed by atoms with Crippen LogP contribution in [0.1, 0.15) is 11.1 Å². The zero-order valence-electron chi connectivity index (χ0n) is 11.7. The number of rotatable bonds is 6. The molecule has 1 aromatic heterocycles. The number of carboxylic acids is 1. The number of hydrogen-bond donors (Lipinski definition) is 2. The van der Waals surface area contributed by atoms with E-state index in [1.165, 1.54) is 0 Å². The summed E-state index contributed by atoms with van der Waals surface area (Å²) < 4.78 is 0. The molecule has 2 aromatic rings. The van der Waals surface area contributed by atoms with E-state index in [9.17, 15) is 14.7 Å². The molecule has 0 bridgehead atoms. The molecule has 0 saturated heterocycles. The Morgan fingerprint density at radius 1 is 1.18 bits per heavy atom. The van der Waals surface area contributed by atoms with E-state index in [-0.39, 0.29) is 18.7 Å². The Bertz CT molecular complexity index is 661. The van der Waals surface area contributed by atoms with Crippen LogP contribution in [0.25, 0.3) is 0 Å². The quantitative estimate of drug-likeness (QED) is 0.854. The van der Waals surface area contributed by atoms with Crippen LogP contribution < -0.4 is 5.32 Å². The predicted molar refractivity (Wildman–Crippen MR) is 82.7 cm³/mol. The average Bonchev–Trinajstić information content (AvgIpc) is 2.49. The Labute approximate surface area is 133 Å². The van der Waals surface area contributed by atoms with Crippen molar-refractivity contribution in [2.45, 2.75) is 18.9 Å². The Morgan fingerprint density at radius 2 is 1.86 bits per heavy atom. The molecule has 0 fully saturated rings. The number of pyridine rings is 1. The van der Waals surface area contributed by atoms with Crippen LogP contribution in [-0.2, 0) is 22.4 Å². The number of halogens is 1. The third kappa shape index (κ3) is 4.56. The summed E-state index contributed by atoms with van der Waals surface area (Å²) in [6.07, 6.45) is 3.41. The van der Waals surface area contributed by atoms with Gasteiger partial charge < -0.3 is 10.4 Å². The number of carboxylic acid groups (broad SMARTS) is 1. The van der Waals surface area contributed by atoms with Crippen molar-refractivity contribution >= 4 is 23.5 Å². The minimum atomic E-state index is -1.09. The van der Waals surface area contributed by atoms with Crippen LogP contribution in [-0.4, -0.2) is 28.0 Å². The van der Waals surface area contributed by atoms with Crippen molar-refractivity contribution in [3.8, 4) is 0 Å². The largest absolute Gasteiger partial charge is 0.480 e. The van der Waals surface area contributed by atoms with Gasteiger partial charge in [-0.1, -0.05) is 29.8 Å². The highest BCUT2D eigenvalue weighted by atomic mass is 35.5. The fourth-order valence-corrected chi connectivity index (χ4v) is 2.23. The van der Waals surface area contributed by atoms with E-state index in [0.717, 1.165) is 5.56 Å². The summed E-state index contributed by atoms with van der Waals surface area (Å²) in [7, 11) is 0. The lowest BCUT2D eigenvalue weighted by Crippen LogP contribution is -2.43. The van der Waals surface area contributed by atoms with Gasteiger partial charge in [0, 0.05) is 23.8 Å². The van der Waals surface area contributed by atoms with Gasteiger partial charge in [0.2, 0.25) is 5.91 Å². The molecule has 0 aliphatic heterocycles. The molecule has 1 aromatic carbocycles. The van der Waals surface area contributed by atoms with Gasteiger partial charge in [-0.2, -0.15) is 0 Å². The average molecular weight is 319 g/mol. The van der Waals surface area contributed by atoms with E-state index in [1.54, 1.807) is 48.8 Å². The minimum Gasteiger partial charge on any atom is -0.480 e. The summed E-state index contributed by atoms with van der Waals surface area (Å²) >= 11 is 6.03. The first-order valence-electron chi connectivity index (χ1n) is 6.70. The van der Waals surface area contributed by atoms with Crippen LogP contribution in [0.15, 0.2) is 48.8 Å². The summed E-state index contributed by atoms with van der Waals surface area (Å²) in [6.45, 7) is 0. The maximum atomic E-state index is 12.0. The van der Waals surface area contributed by atoms with Crippen molar-refractivity contribution in [3.63, 3.8) is 0 Å². The van der Waals surface area contributed by atoms with Gasteiger partial charge in [0.25, 0.3) is 0 Å². The fourth-order valence-electron chi connectivity index (χ4n) is 2.02. The Hall–Kier alpha value is -2.40. The molecular formula is C16H15ClN2O3. The molecule has 2 N–H and O–H groups in total. The molecule has 22 heavy (non-hydrogen) atoms. The van der Waals surface area contributed by atoms with Gasteiger partial charge in [0.05, 0.1) is 6.42 Å². The highest BCUT2D eigenvalue weighted by Crippen LogP contribution is 2.16. The normalized spacial score (nSPS) is 11.7. The van der Waals surface area contributed by atoms with Gasteiger partial charge >= 0.3 is 5.97 Å². The minimum absolute atomic E-state index is 0.106. The molecule has 6 heteroatoms. The lowest BCUT2D eigenvalue weighted by Gasteiger charge is -2.15. The second-order valence-corrected chi connectivity index (χ2v) is 5.19. The molecule has 0 radical (unpaired) electrons.